The van der Waals surface area contributed by atoms with Gasteiger partial charge in [0.25, 0.3) is 0 Å². The fourth-order valence-electron chi connectivity index (χ4n) is 2.29. The second-order valence-corrected chi connectivity index (χ2v) is 4.92. The molecule has 3 aromatic rings. The number of alkyl halides is 3. The summed E-state index contributed by atoms with van der Waals surface area (Å²) < 4.78 is 53.5. The average molecular weight is 332 g/mol. The molecule has 1 N–H and O–H groups in total. The first-order valence-electron chi connectivity index (χ1n) is 6.69. The zero-order valence-electron chi connectivity index (χ0n) is 11.9. The number of halogens is 4. The first kappa shape index (κ1) is 15.7. The van der Waals surface area contributed by atoms with E-state index >= 15 is 0 Å². The predicted octanol–water partition coefficient (Wildman–Crippen LogP) is 4.17. The van der Waals surface area contributed by atoms with Crippen LogP contribution in [0.5, 0.6) is 0 Å². The van der Waals surface area contributed by atoms with Crippen LogP contribution < -0.4 is 0 Å². The summed E-state index contributed by atoms with van der Waals surface area (Å²) >= 11 is 0. The second kappa shape index (κ2) is 5.77. The molecule has 0 aliphatic rings. The van der Waals surface area contributed by atoms with Gasteiger partial charge in [0.15, 0.2) is 5.69 Å². The largest absolute Gasteiger partial charge is 0.416 e. The van der Waals surface area contributed by atoms with Gasteiger partial charge in [-0.2, -0.15) is 18.4 Å². The monoisotopic (exact) mass is 332 g/mol. The van der Waals surface area contributed by atoms with Crippen LogP contribution in [0.2, 0.25) is 0 Å². The van der Waals surface area contributed by atoms with Gasteiger partial charge in [0, 0.05) is 11.1 Å². The Labute approximate surface area is 133 Å². The highest BCUT2D eigenvalue weighted by atomic mass is 19.4. The molecule has 4 nitrogen and oxygen atoms in total. The number of hydrogen-bond donors (Lipinski definition) is 1. The maximum Gasteiger partial charge on any atom is 0.416 e. The van der Waals surface area contributed by atoms with Crippen LogP contribution in [-0.2, 0) is 6.18 Å². The molecule has 8 heteroatoms. The zero-order valence-corrected chi connectivity index (χ0v) is 11.9. The van der Waals surface area contributed by atoms with Gasteiger partial charge >= 0.3 is 6.18 Å². The van der Waals surface area contributed by atoms with E-state index in [0.29, 0.717) is 0 Å². The van der Waals surface area contributed by atoms with E-state index in [0.717, 1.165) is 18.2 Å². The molecule has 3 rings (SSSR count). The molecule has 1 aromatic heterocycles. The smallest absolute Gasteiger partial charge is 0.247 e. The lowest BCUT2D eigenvalue weighted by atomic mass is 9.97. The minimum Gasteiger partial charge on any atom is -0.247 e. The van der Waals surface area contributed by atoms with Crippen LogP contribution in [0.1, 0.15) is 11.3 Å². The van der Waals surface area contributed by atoms with Crippen molar-refractivity contribution in [2.24, 2.45) is 0 Å². The third kappa shape index (κ3) is 2.84. The third-order valence-electron chi connectivity index (χ3n) is 3.38. The summed E-state index contributed by atoms with van der Waals surface area (Å²) in [5, 5.41) is 18.4. The Balaban J connectivity index is 2.27. The predicted molar refractivity (Wildman–Crippen MR) is 76.9 cm³/mol. The quantitative estimate of drug-likeness (QED) is 0.716. The molecule has 0 amide bonds. The molecule has 0 spiro atoms. The second-order valence-electron chi connectivity index (χ2n) is 4.92. The van der Waals surface area contributed by atoms with Crippen molar-refractivity contribution in [2.45, 2.75) is 6.18 Å². The maximum atomic E-state index is 14.0. The van der Waals surface area contributed by atoms with Crippen LogP contribution in [0.15, 0.2) is 42.5 Å². The molecule has 24 heavy (non-hydrogen) atoms. The van der Waals surface area contributed by atoms with E-state index in [9.17, 15) is 17.6 Å². The fraction of sp³-hybridized carbons (Fsp3) is 0.0625. The number of nitrogens with one attached hydrogen (secondary N) is 1. The maximum absolute atomic E-state index is 14.0. The van der Waals surface area contributed by atoms with Crippen molar-refractivity contribution in [1.82, 2.24) is 15.4 Å². The molecule has 0 unspecified atom stereocenters. The Kier molecular flexibility index (Phi) is 3.77. The van der Waals surface area contributed by atoms with E-state index in [-0.39, 0.29) is 28.1 Å². The highest BCUT2D eigenvalue weighted by molar-refractivity contribution is 5.74. The fourth-order valence-corrected chi connectivity index (χ4v) is 2.29. The van der Waals surface area contributed by atoms with Gasteiger partial charge < -0.3 is 0 Å². The topological polar surface area (TPSA) is 65.4 Å². The molecular weight excluding hydrogens is 324 g/mol. The number of rotatable bonds is 2. The molecule has 0 bridgehead atoms. The summed E-state index contributed by atoms with van der Waals surface area (Å²) in [5.74, 6) is -0.650. The SMILES string of the molecule is N#Cc1[nH]nnc1-c1cc(-c2ccccc2F)cc(C(F)(F)F)c1. The average Bonchev–Trinajstić information content (AvgIpc) is 3.02. The normalized spacial score (nSPS) is 11.3. The van der Waals surface area contributed by atoms with Gasteiger partial charge in [0.1, 0.15) is 17.6 Å². The Hall–Kier alpha value is -3.21. The van der Waals surface area contributed by atoms with Crippen LogP contribution in [0.25, 0.3) is 22.4 Å². The number of nitriles is 1. The number of hydrogen-bond acceptors (Lipinski definition) is 3. The summed E-state index contributed by atoms with van der Waals surface area (Å²) in [4.78, 5) is 0. The molecule has 0 saturated carbocycles. The van der Waals surface area contributed by atoms with Gasteiger partial charge in [0.05, 0.1) is 5.56 Å². The lowest BCUT2D eigenvalue weighted by Crippen LogP contribution is -2.05. The minimum absolute atomic E-state index is 0.0202. The van der Waals surface area contributed by atoms with Crippen molar-refractivity contribution in [3.63, 3.8) is 0 Å². The van der Waals surface area contributed by atoms with Gasteiger partial charge in [-0.3, -0.25) is 0 Å². The van der Waals surface area contributed by atoms with E-state index in [1.807, 2.05) is 0 Å². The number of nitrogens with zero attached hydrogens (tertiary/aromatic N) is 3. The highest BCUT2D eigenvalue weighted by Gasteiger charge is 2.32. The van der Waals surface area contributed by atoms with E-state index < -0.39 is 17.6 Å². The van der Waals surface area contributed by atoms with Crippen molar-refractivity contribution >= 4 is 0 Å². The van der Waals surface area contributed by atoms with Crippen molar-refractivity contribution < 1.29 is 17.6 Å². The summed E-state index contributed by atoms with van der Waals surface area (Å²) in [6, 6.07) is 10.3. The van der Waals surface area contributed by atoms with Crippen LogP contribution in [0.4, 0.5) is 17.6 Å². The van der Waals surface area contributed by atoms with Gasteiger partial charge in [0.2, 0.25) is 0 Å². The molecule has 0 aliphatic carbocycles. The Morgan fingerprint density at radius 2 is 1.75 bits per heavy atom. The lowest BCUT2D eigenvalue weighted by molar-refractivity contribution is -0.137. The molecule has 120 valence electrons. The van der Waals surface area contributed by atoms with Crippen molar-refractivity contribution in [3.05, 3.63) is 59.5 Å². The van der Waals surface area contributed by atoms with Crippen LogP contribution in [0.3, 0.4) is 0 Å². The Morgan fingerprint density at radius 3 is 2.42 bits per heavy atom. The molecule has 0 aliphatic heterocycles. The number of benzene rings is 2. The number of aromatic amines is 1. The molecule has 0 saturated heterocycles. The number of H-pyrrole nitrogens is 1. The van der Waals surface area contributed by atoms with Gasteiger partial charge in [-0.25, -0.2) is 9.49 Å². The summed E-state index contributed by atoms with van der Waals surface area (Å²) in [6.07, 6.45) is -4.63. The van der Waals surface area contributed by atoms with E-state index in [1.54, 1.807) is 6.07 Å². The summed E-state index contributed by atoms with van der Waals surface area (Å²) in [7, 11) is 0. The molecule has 0 radical (unpaired) electrons. The highest BCUT2D eigenvalue weighted by Crippen LogP contribution is 2.36. The van der Waals surface area contributed by atoms with Crippen LogP contribution in [0, 0.1) is 17.1 Å². The zero-order chi connectivity index (χ0) is 17.3. The van der Waals surface area contributed by atoms with Crippen molar-refractivity contribution in [3.8, 4) is 28.5 Å². The van der Waals surface area contributed by atoms with Crippen molar-refractivity contribution in [1.29, 1.82) is 5.26 Å². The lowest BCUT2D eigenvalue weighted by Gasteiger charge is -2.12. The molecule has 2 aromatic carbocycles. The first-order chi connectivity index (χ1) is 11.4. The van der Waals surface area contributed by atoms with Gasteiger partial charge in [-0.1, -0.05) is 23.4 Å². The molecule has 0 atom stereocenters. The molecule has 0 fully saturated rings. The third-order valence-corrected chi connectivity index (χ3v) is 3.38. The standard InChI is InChI=1S/C16H8F4N4/c17-13-4-2-1-3-12(13)9-5-10(7-11(6-9)16(18,19)20)15-14(8-21)22-24-23-15/h1-7H,(H,22,23,24). The van der Waals surface area contributed by atoms with E-state index in [4.69, 9.17) is 5.26 Å². The van der Waals surface area contributed by atoms with E-state index in [2.05, 4.69) is 15.4 Å². The summed E-state index contributed by atoms with van der Waals surface area (Å²) in [6.45, 7) is 0. The first-order valence-corrected chi connectivity index (χ1v) is 6.69. The van der Waals surface area contributed by atoms with Crippen LogP contribution in [-0.4, -0.2) is 15.4 Å². The molecular formula is C16H8F4N4. The molecule has 1 heterocycles. The minimum atomic E-state index is -4.63. The van der Waals surface area contributed by atoms with E-state index in [1.165, 1.54) is 24.3 Å². The van der Waals surface area contributed by atoms with Crippen molar-refractivity contribution in [2.75, 3.05) is 0 Å². The van der Waals surface area contributed by atoms with Gasteiger partial charge in [-0.05, 0) is 29.8 Å². The van der Waals surface area contributed by atoms with Crippen LogP contribution >= 0.6 is 0 Å². The summed E-state index contributed by atoms with van der Waals surface area (Å²) in [5.41, 5.74) is -0.995. The van der Waals surface area contributed by atoms with Gasteiger partial charge in [-0.15, -0.1) is 5.10 Å². The number of aromatic nitrogens is 3. The Morgan fingerprint density at radius 1 is 1.04 bits per heavy atom. The Bertz CT molecular complexity index is 917.